The fourth-order valence-corrected chi connectivity index (χ4v) is 2.17. The maximum absolute atomic E-state index is 12.3. The summed E-state index contributed by atoms with van der Waals surface area (Å²) in [6.07, 6.45) is -1.31. The van der Waals surface area contributed by atoms with Gasteiger partial charge in [0.2, 0.25) is 5.75 Å². The van der Waals surface area contributed by atoms with E-state index in [9.17, 15) is 9.90 Å². The van der Waals surface area contributed by atoms with Gasteiger partial charge in [-0.1, -0.05) is 30.3 Å². The van der Waals surface area contributed by atoms with Crippen LogP contribution in [0.3, 0.4) is 0 Å². The van der Waals surface area contributed by atoms with E-state index in [1.165, 1.54) is 21.3 Å². The second-order valence-electron chi connectivity index (χ2n) is 4.59. The van der Waals surface area contributed by atoms with Crippen molar-refractivity contribution < 1.29 is 24.1 Å². The predicted octanol–water partition coefficient (Wildman–Crippen LogP) is 2.63. The van der Waals surface area contributed by atoms with Gasteiger partial charge in [0.25, 0.3) is 0 Å². The van der Waals surface area contributed by atoms with Gasteiger partial charge in [0, 0.05) is 5.56 Å². The highest BCUT2D eigenvalue weighted by molar-refractivity contribution is 6.00. The molecule has 1 atom stereocenters. The van der Waals surface area contributed by atoms with E-state index in [1.807, 2.05) is 6.07 Å². The smallest absolute Gasteiger partial charge is 0.203 e. The highest BCUT2D eigenvalue weighted by atomic mass is 16.5. The lowest BCUT2D eigenvalue weighted by Crippen LogP contribution is -2.12. The first-order chi connectivity index (χ1) is 10.6. The first-order valence-corrected chi connectivity index (χ1v) is 6.69. The van der Waals surface area contributed by atoms with Crippen molar-refractivity contribution in [1.29, 1.82) is 0 Å². The van der Waals surface area contributed by atoms with Crippen LogP contribution in [0.4, 0.5) is 0 Å². The number of ketones is 1. The van der Waals surface area contributed by atoms with E-state index in [4.69, 9.17) is 14.2 Å². The third-order valence-electron chi connectivity index (χ3n) is 3.31. The minimum Gasteiger partial charge on any atom is -0.493 e. The van der Waals surface area contributed by atoms with E-state index in [1.54, 1.807) is 36.4 Å². The number of Topliss-reactive ketones (excluding diaryl/α,β-unsaturated/α-hetero) is 1. The Hall–Kier alpha value is -2.53. The number of rotatable bonds is 6. The van der Waals surface area contributed by atoms with Gasteiger partial charge in [-0.3, -0.25) is 4.79 Å². The average Bonchev–Trinajstić information content (AvgIpc) is 2.59. The summed E-state index contributed by atoms with van der Waals surface area (Å²) < 4.78 is 15.7. The molecule has 0 aliphatic heterocycles. The monoisotopic (exact) mass is 302 g/mol. The molecule has 116 valence electrons. The maximum Gasteiger partial charge on any atom is 0.203 e. The fraction of sp³-hybridized carbons (Fsp3) is 0.235. The summed E-state index contributed by atoms with van der Waals surface area (Å²) in [6, 6.07) is 11.7. The number of hydrogen-bond donors (Lipinski definition) is 1. The summed E-state index contributed by atoms with van der Waals surface area (Å²) >= 11 is 0. The SMILES string of the molecule is COc1cc(C(O)C(=O)c2ccccc2)cc(OC)c1OC. The van der Waals surface area contributed by atoms with Crippen LogP contribution in [0, 0.1) is 0 Å². The molecule has 1 unspecified atom stereocenters. The lowest BCUT2D eigenvalue weighted by atomic mass is 9.99. The number of carbonyl (C=O) groups excluding carboxylic acids is 1. The Morgan fingerprint density at radius 3 is 1.95 bits per heavy atom. The van der Waals surface area contributed by atoms with Gasteiger partial charge in [-0.05, 0) is 17.7 Å². The number of carbonyl (C=O) groups is 1. The van der Waals surface area contributed by atoms with Gasteiger partial charge >= 0.3 is 0 Å². The molecule has 5 nitrogen and oxygen atoms in total. The number of aliphatic hydroxyl groups is 1. The summed E-state index contributed by atoms with van der Waals surface area (Å²) in [5.41, 5.74) is 0.812. The highest BCUT2D eigenvalue weighted by Gasteiger charge is 2.23. The standard InChI is InChI=1S/C17H18O5/c1-20-13-9-12(10-14(21-2)17(13)22-3)16(19)15(18)11-7-5-4-6-8-11/h4-10,16,19H,1-3H3. The van der Waals surface area contributed by atoms with E-state index >= 15 is 0 Å². The summed E-state index contributed by atoms with van der Waals surface area (Å²) in [5, 5.41) is 10.3. The van der Waals surface area contributed by atoms with Gasteiger partial charge in [0.15, 0.2) is 17.3 Å². The predicted molar refractivity (Wildman–Crippen MR) is 81.8 cm³/mol. The summed E-state index contributed by atoms with van der Waals surface area (Å²) in [6.45, 7) is 0. The van der Waals surface area contributed by atoms with Gasteiger partial charge in [0.1, 0.15) is 6.10 Å². The lowest BCUT2D eigenvalue weighted by Gasteiger charge is -2.16. The minimum absolute atomic E-state index is 0.378. The molecular formula is C17H18O5. The zero-order valence-electron chi connectivity index (χ0n) is 12.7. The van der Waals surface area contributed by atoms with Crippen LogP contribution in [0.5, 0.6) is 17.2 Å². The van der Waals surface area contributed by atoms with Crippen molar-refractivity contribution in [1.82, 2.24) is 0 Å². The van der Waals surface area contributed by atoms with Gasteiger partial charge in [-0.2, -0.15) is 0 Å². The topological polar surface area (TPSA) is 65.0 Å². The summed E-state index contributed by atoms with van der Waals surface area (Å²) in [5.74, 6) is 0.788. The number of ether oxygens (including phenoxy) is 3. The van der Waals surface area contributed by atoms with Crippen LogP contribution in [-0.2, 0) is 0 Å². The van der Waals surface area contributed by atoms with Crippen LogP contribution in [-0.4, -0.2) is 32.2 Å². The van der Waals surface area contributed by atoms with Gasteiger partial charge in [-0.15, -0.1) is 0 Å². The number of benzene rings is 2. The zero-order chi connectivity index (χ0) is 16.1. The molecule has 0 radical (unpaired) electrons. The summed E-state index contributed by atoms with van der Waals surface area (Å²) in [7, 11) is 4.45. The lowest BCUT2D eigenvalue weighted by molar-refractivity contribution is 0.0746. The van der Waals surface area contributed by atoms with Crippen LogP contribution in [0.15, 0.2) is 42.5 Å². The van der Waals surface area contributed by atoms with Crippen LogP contribution < -0.4 is 14.2 Å². The first-order valence-electron chi connectivity index (χ1n) is 6.69. The molecule has 0 aliphatic carbocycles. The number of hydrogen-bond acceptors (Lipinski definition) is 5. The van der Waals surface area contributed by atoms with Crippen molar-refractivity contribution in [3.63, 3.8) is 0 Å². The Morgan fingerprint density at radius 1 is 0.955 bits per heavy atom. The molecule has 2 aromatic carbocycles. The van der Waals surface area contributed by atoms with Crippen molar-refractivity contribution in [3.05, 3.63) is 53.6 Å². The molecule has 0 heterocycles. The minimum atomic E-state index is -1.31. The molecule has 0 saturated heterocycles. The van der Waals surface area contributed by atoms with Crippen LogP contribution in [0.2, 0.25) is 0 Å². The van der Waals surface area contributed by atoms with Crippen LogP contribution >= 0.6 is 0 Å². The molecule has 0 amide bonds. The van der Waals surface area contributed by atoms with Crippen molar-refractivity contribution in [3.8, 4) is 17.2 Å². The fourth-order valence-electron chi connectivity index (χ4n) is 2.17. The largest absolute Gasteiger partial charge is 0.493 e. The number of methoxy groups -OCH3 is 3. The third-order valence-corrected chi connectivity index (χ3v) is 3.31. The third kappa shape index (κ3) is 3.04. The van der Waals surface area contributed by atoms with E-state index in [0.29, 0.717) is 28.4 Å². The molecule has 0 bridgehead atoms. The zero-order valence-corrected chi connectivity index (χ0v) is 12.7. The van der Waals surface area contributed by atoms with Crippen molar-refractivity contribution >= 4 is 5.78 Å². The average molecular weight is 302 g/mol. The Morgan fingerprint density at radius 2 is 1.50 bits per heavy atom. The highest BCUT2D eigenvalue weighted by Crippen LogP contribution is 2.40. The second-order valence-corrected chi connectivity index (χ2v) is 4.59. The maximum atomic E-state index is 12.3. The molecule has 0 fully saturated rings. The molecule has 0 spiro atoms. The van der Waals surface area contributed by atoms with Crippen molar-refractivity contribution in [2.45, 2.75) is 6.10 Å². The summed E-state index contributed by atoms with van der Waals surface area (Å²) in [4.78, 5) is 12.3. The first kappa shape index (κ1) is 15.9. The van der Waals surface area contributed by atoms with Gasteiger partial charge < -0.3 is 19.3 Å². The van der Waals surface area contributed by atoms with Crippen molar-refractivity contribution in [2.24, 2.45) is 0 Å². The van der Waals surface area contributed by atoms with E-state index in [-0.39, 0.29) is 0 Å². The molecule has 2 aromatic rings. The normalized spacial score (nSPS) is 11.6. The van der Waals surface area contributed by atoms with Crippen molar-refractivity contribution in [2.75, 3.05) is 21.3 Å². The molecule has 22 heavy (non-hydrogen) atoms. The molecule has 0 aromatic heterocycles. The molecule has 1 N–H and O–H groups in total. The molecule has 2 rings (SSSR count). The van der Waals surface area contributed by atoms with Crippen LogP contribution in [0.1, 0.15) is 22.0 Å². The van der Waals surface area contributed by atoms with E-state index < -0.39 is 11.9 Å². The van der Waals surface area contributed by atoms with Gasteiger partial charge in [-0.25, -0.2) is 0 Å². The number of aliphatic hydroxyl groups excluding tert-OH is 1. The Balaban J connectivity index is 2.41. The molecule has 0 saturated carbocycles. The second kappa shape index (κ2) is 6.95. The van der Waals surface area contributed by atoms with Crippen LogP contribution in [0.25, 0.3) is 0 Å². The van der Waals surface area contributed by atoms with Gasteiger partial charge in [0.05, 0.1) is 21.3 Å². The quantitative estimate of drug-likeness (QED) is 0.831. The van der Waals surface area contributed by atoms with E-state index in [2.05, 4.69) is 0 Å². The Kier molecular flexibility index (Phi) is 5.01. The molecule has 5 heteroatoms. The Bertz CT molecular complexity index is 626. The molecule has 0 aliphatic rings. The van der Waals surface area contributed by atoms with E-state index in [0.717, 1.165) is 0 Å². The molecular weight excluding hydrogens is 284 g/mol. The Labute approximate surface area is 129 Å².